The van der Waals surface area contributed by atoms with E-state index < -0.39 is 0 Å². The number of aromatic nitrogens is 2. The lowest BCUT2D eigenvalue weighted by molar-refractivity contribution is -0.130. The molecule has 2 heterocycles. The molecular formula is C20H28N4O5S. The average molecular weight is 437 g/mol. The van der Waals surface area contributed by atoms with E-state index in [1.165, 1.54) is 11.8 Å². The summed E-state index contributed by atoms with van der Waals surface area (Å²) in [6, 6.07) is 3.88. The van der Waals surface area contributed by atoms with E-state index >= 15 is 0 Å². The molecule has 0 bridgehead atoms. The van der Waals surface area contributed by atoms with Crippen LogP contribution in [0.4, 0.5) is 0 Å². The number of nitrogens with zero attached hydrogens (tertiary/aromatic N) is 4. The van der Waals surface area contributed by atoms with Gasteiger partial charge in [-0.2, -0.15) is 4.98 Å². The van der Waals surface area contributed by atoms with E-state index in [1.807, 2.05) is 17.0 Å². The highest BCUT2D eigenvalue weighted by Crippen LogP contribution is 2.40. The van der Waals surface area contributed by atoms with Crippen molar-refractivity contribution in [1.82, 2.24) is 19.9 Å². The molecule has 9 nitrogen and oxygen atoms in total. The third kappa shape index (κ3) is 5.37. The molecule has 0 saturated carbocycles. The van der Waals surface area contributed by atoms with Gasteiger partial charge in [0.2, 0.25) is 17.5 Å². The molecule has 3 rings (SSSR count). The van der Waals surface area contributed by atoms with Gasteiger partial charge in [-0.15, -0.1) is 11.8 Å². The normalized spacial score (nSPS) is 14.6. The first-order valence-corrected chi connectivity index (χ1v) is 10.9. The monoisotopic (exact) mass is 436 g/mol. The van der Waals surface area contributed by atoms with Crippen LogP contribution in [0.15, 0.2) is 16.7 Å². The van der Waals surface area contributed by atoms with Crippen molar-refractivity contribution in [2.45, 2.75) is 19.2 Å². The predicted octanol–water partition coefficient (Wildman–Crippen LogP) is 1.98. The Bertz CT molecular complexity index is 852. The van der Waals surface area contributed by atoms with E-state index in [1.54, 1.807) is 28.3 Å². The molecule has 0 unspecified atom stereocenters. The minimum atomic E-state index is 0.142. The van der Waals surface area contributed by atoms with Crippen molar-refractivity contribution < 1.29 is 23.5 Å². The Balaban J connectivity index is 1.49. The molecule has 1 aromatic carbocycles. The number of thioether (sulfide) groups is 1. The summed E-state index contributed by atoms with van der Waals surface area (Å²) in [5.41, 5.74) is 1.03. The number of carbonyl (C=O) groups excluding carboxylic acids is 1. The van der Waals surface area contributed by atoms with Crippen LogP contribution in [-0.2, 0) is 17.1 Å². The van der Waals surface area contributed by atoms with E-state index in [-0.39, 0.29) is 5.91 Å². The number of methoxy groups -OCH3 is 3. The maximum Gasteiger partial charge on any atom is 0.232 e. The lowest BCUT2D eigenvalue weighted by atomic mass is 10.1. The smallest absolute Gasteiger partial charge is 0.232 e. The SMILES string of the molecule is COc1ccc(CN2CCN(C(=O)CSCc3noc(C)n3)CC2)c(OC)c1OC. The molecule has 30 heavy (non-hydrogen) atoms. The molecule has 0 N–H and O–H groups in total. The van der Waals surface area contributed by atoms with Crippen LogP contribution in [0.2, 0.25) is 0 Å². The molecule has 1 aliphatic rings. The van der Waals surface area contributed by atoms with Crippen molar-refractivity contribution in [3.05, 3.63) is 29.4 Å². The van der Waals surface area contributed by atoms with E-state index in [9.17, 15) is 4.79 Å². The fourth-order valence-electron chi connectivity index (χ4n) is 3.40. The van der Waals surface area contributed by atoms with Gasteiger partial charge in [0.1, 0.15) is 0 Å². The van der Waals surface area contributed by atoms with Gasteiger partial charge in [-0.3, -0.25) is 9.69 Å². The predicted molar refractivity (Wildman–Crippen MR) is 113 cm³/mol. The average Bonchev–Trinajstić information content (AvgIpc) is 3.18. The fraction of sp³-hybridized carbons (Fsp3) is 0.550. The second-order valence-electron chi connectivity index (χ2n) is 6.87. The number of hydrogen-bond donors (Lipinski definition) is 0. The van der Waals surface area contributed by atoms with Crippen LogP contribution in [0.5, 0.6) is 17.2 Å². The minimum absolute atomic E-state index is 0.142. The number of rotatable bonds is 9. The summed E-state index contributed by atoms with van der Waals surface area (Å²) in [6.07, 6.45) is 0. The van der Waals surface area contributed by atoms with Crippen LogP contribution in [-0.4, -0.2) is 79.1 Å². The van der Waals surface area contributed by atoms with Gasteiger partial charge in [0.15, 0.2) is 17.3 Å². The van der Waals surface area contributed by atoms with Gasteiger partial charge in [0, 0.05) is 45.2 Å². The van der Waals surface area contributed by atoms with Crippen molar-refractivity contribution in [3.8, 4) is 17.2 Å². The molecule has 1 fully saturated rings. The molecule has 0 radical (unpaired) electrons. The maximum absolute atomic E-state index is 12.5. The van der Waals surface area contributed by atoms with E-state index in [4.69, 9.17) is 18.7 Å². The van der Waals surface area contributed by atoms with Crippen molar-refractivity contribution >= 4 is 17.7 Å². The standard InChI is InChI=1S/C20H28N4O5S/c1-14-21-17(22-29-14)12-30-13-18(25)24-9-7-23(8-10-24)11-15-5-6-16(26-2)20(28-4)19(15)27-3/h5-6H,7-13H2,1-4H3. The quantitative estimate of drug-likeness (QED) is 0.585. The number of piperazine rings is 1. The highest BCUT2D eigenvalue weighted by Gasteiger charge is 2.23. The second-order valence-corrected chi connectivity index (χ2v) is 7.86. The first-order chi connectivity index (χ1) is 14.5. The number of amides is 1. The first kappa shape index (κ1) is 22.2. The van der Waals surface area contributed by atoms with Crippen molar-refractivity contribution in [3.63, 3.8) is 0 Å². The van der Waals surface area contributed by atoms with Crippen molar-refractivity contribution in [2.75, 3.05) is 53.3 Å². The molecule has 0 spiro atoms. The van der Waals surface area contributed by atoms with Crippen LogP contribution in [0, 0.1) is 6.92 Å². The minimum Gasteiger partial charge on any atom is -0.493 e. The lowest BCUT2D eigenvalue weighted by Gasteiger charge is -2.35. The zero-order chi connectivity index (χ0) is 21.5. The summed E-state index contributed by atoms with van der Waals surface area (Å²) in [5, 5.41) is 3.85. The molecule has 1 aromatic heterocycles. The van der Waals surface area contributed by atoms with Gasteiger partial charge < -0.3 is 23.6 Å². The van der Waals surface area contributed by atoms with Gasteiger partial charge in [-0.05, 0) is 6.07 Å². The number of benzene rings is 1. The van der Waals surface area contributed by atoms with Crippen molar-refractivity contribution in [2.24, 2.45) is 0 Å². The molecule has 164 valence electrons. The Morgan fingerprint density at radius 3 is 2.43 bits per heavy atom. The Hall–Kier alpha value is -2.46. The molecular weight excluding hydrogens is 408 g/mol. The molecule has 0 atom stereocenters. The van der Waals surface area contributed by atoms with Crippen LogP contribution in [0.1, 0.15) is 17.3 Å². The van der Waals surface area contributed by atoms with Crippen LogP contribution >= 0.6 is 11.8 Å². The summed E-state index contributed by atoms with van der Waals surface area (Å²) < 4.78 is 21.3. The van der Waals surface area contributed by atoms with Crippen LogP contribution < -0.4 is 14.2 Å². The van der Waals surface area contributed by atoms with Crippen LogP contribution in [0.3, 0.4) is 0 Å². The lowest BCUT2D eigenvalue weighted by Crippen LogP contribution is -2.48. The Morgan fingerprint density at radius 1 is 1.10 bits per heavy atom. The third-order valence-corrected chi connectivity index (χ3v) is 5.84. The van der Waals surface area contributed by atoms with E-state index in [0.717, 1.165) is 25.2 Å². The summed E-state index contributed by atoms with van der Waals surface area (Å²) in [4.78, 5) is 20.9. The van der Waals surface area contributed by atoms with Gasteiger partial charge >= 0.3 is 0 Å². The molecule has 1 saturated heterocycles. The van der Waals surface area contributed by atoms with E-state index in [0.29, 0.717) is 53.6 Å². The molecule has 10 heteroatoms. The highest BCUT2D eigenvalue weighted by molar-refractivity contribution is 7.99. The van der Waals surface area contributed by atoms with E-state index in [2.05, 4.69) is 15.0 Å². The van der Waals surface area contributed by atoms with Crippen LogP contribution in [0.25, 0.3) is 0 Å². The number of carbonyl (C=O) groups is 1. The van der Waals surface area contributed by atoms with Gasteiger partial charge in [0.05, 0.1) is 32.8 Å². The fourth-order valence-corrected chi connectivity index (χ4v) is 4.16. The highest BCUT2D eigenvalue weighted by atomic mass is 32.2. The van der Waals surface area contributed by atoms with Gasteiger partial charge in [-0.25, -0.2) is 0 Å². The maximum atomic E-state index is 12.5. The molecule has 1 amide bonds. The first-order valence-electron chi connectivity index (χ1n) is 9.70. The Labute approximate surface area is 180 Å². The zero-order valence-corrected chi connectivity index (χ0v) is 18.7. The Kier molecular flexibility index (Phi) is 7.81. The molecule has 1 aliphatic heterocycles. The second kappa shape index (κ2) is 10.5. The number of aryl methyl sites for hydroxylation is 1. The topological polar surface area (TPSA) is 90.2 Å². The Morgan fingerprint density at radius 2 is 1.83 bits per heavy atom. The summed E-state index contributed by atoms with van der Waals surface area (Å²) in [6.45, 7) is 5.49. The summed E-state index contributed by atoms with van der Waals surface area (Å²) >= 11 is 1.51. The number of ether oxygens (including phenoxy) is 3. The van der Waals surface area contributed by atoms with Gasteiger partial charge in [-0.1, -0.05) is 11.2 Å². The van der Waals surface area contributed by atoms with Crippen molar-refractivity contribution in [1.29, 1.82) is 0 Å². The summed E-state index contributed by atoms with van der Waals surface area (Å²) in [7, 11) is 4.84. The van der Waals surface area contributed by atoms with Gasteiger partial charge in [0.25, 0.3) is 0 Å². The zero-order valence-electron chi connectivity index (χ0n) is 17.8. The molecule has 2 aromatic rings. The largest absolute Gasteiger partial charge is 0.493 e. The number of hydrogen-bond acceptors (Lipinski definition) is 9. The summed E-state index contributed by atoms with van der Waals surface area (Å²) in [5.74, 6) is 4.21. The molecule has 0 aliphatic carbocycles. The third-order valence-electron chi connectivity index (χ3n) is 4.93.